The Balaban J connectivity index is 2.39. The highest BCUT2D eigenvalue weighted by atomic mass is 19.1. The maximum atomic E-state index is 13.7. The third-order valence-corrected chi connectivity index (χ3v) is 2.59. The van der Waals surface area contributed by atoms with Crippen molar-refractivity contribution in [3.8, 4) is 17.7 Å². The number of benzene rings is 1. The van der Waals surface area contributed by atoms with E-state index in [0.29, 0.717) is 22.5 Å². The van der Waals surface area contributed by atoms with Crippen molar-refractivity contribution in [2.24, 2.45) is 0 Å². The zero-order valence-electron chi connectivity index (χ0n) is 10.6. The Bertz CT molecular complexity index is 677. The van der Waals surface area contributed by atoms with Gasteiger partial charge >= 0.3 is 0 Å². The van der Waals surface area contributed by atoms with Crippen LogP contribution in [0.1, 0.15) is 16.8 Å². The number of rotatable bonds is 2. The minimum atomic E-state index is -0.565. The number of nitrogens with zero attached hydrogens (tertiary/aromatic N) is 2. The van der Waals surface area contributed by atoms with Gasteiger partial charge in [-0.05, 0) is 31.5 Å². The van der Waals surface area contributed by atoms with Crippen LogP contribution in [0.2, 0.25) is 0 Å². The number of halogens is 1. The minimum Gasteiger partial charge on any atom is -0.436 e. The molecule has 0 aliphatic heterocycles. The molecule has 0 aliphatic carbocycles. The van der Waals surface area contributed by atoms with Gasteiger partial charge in [0.2, 0.25) is 5.88 Å². The summed E-state index contributed by atoms with van der Waals surface area (Å²) < 4.78 is 19.1. The van der Waals surface area contributed by atoms with Crippen molar-refractivity contribution in [2.45, 2.75) is 13.8 Å². The quantitative estimate of drug-likeness (QED) is 0.839. The van der Waals surface area contributed by atoms with Crippen LogP contribution in [0, 0.1) is 31.0 Å². The molecular weight excluding hydrogens is 245 g/mol. The maximum absolute atomic E-state index is 13.7. The van der Waals surface area contributed by atoms with Crippen molar-refractivity contribution in [1.82, 2.24) is 4.98 Å². The van der Waals surface area contributed by atoms with Gasteiger partial charge in [0, 0.05) is 23.5 Å². The first-order chi connectivity index (χ1) is 8.99. The van der Waals surface area contributed by atoms with Crippen LogP contribution < -0.4 is 10.5 Å². The number of nitriles is 1. The zero-order chi connectivity index (χ0) is 14.0. The molecule has 0 fully saturated rings. The molecule has 2 aromatic rings. The Morgan fingerprint density at radius 2 is 2.00 bits per heavy atom. The van der Waals surface area contributed by atoms with E-state index in [1.807, 2.05) is 6.07 Å². The first-order valence-electron chi connectivity index (χ1n) is 5.62. The van der Waals surface area contributed by atoms with E-state index in [1.165, 1.54) is 18.2 Å². The van der Waals surface area contributed by atoms with Gasteiger partial charge < -0.3 is 10.5 Å². The van der Waals surface area contributed by atoms with Crippen molar-refractivity contribution in [1.29, 1.82) is 5.26 Å². The molecule has 4 nitrogen and oxygen atoms in total. The first-order valence-corrected chi connectivity index (χ1v) is 5.62. The lowest BCUT2D eigenvalue weighted by molar-refractivity contribution is 0.426. The molecule has 19 heavy (non-hydrogen) atoms. The van der Waals surface area contributed by atoms with Crippen LogP contribution in [0.4, 0.5) is 10.1 Å². The first kappa shape index (κ1) is 12.8. The molecule has 0 radical (unpaired) electrons. The highest BCUT2D eigenvalue weighted by molar-refractivity contribution is 5.51. The van der Waals surface area contributed by atoms with Crippen LogP contribution >= 0.6 is 0 Å². The lowest BCUT2D eigenvalue weighted by atomic mass is 10.2. The Morgan fingerprint density at radius 3 is 2.68 bits per heavy atom. The van der Waals surface area contributed by atoms with Crippen LogP contribution in [0.5, 0.6) is 11.6 Å². The summed E-state index contributed by atoms with van der Waals surface area (Å²) >= 11 is 0. The van der Waals surface area contributed by atoms with Gasteiger partial charge in [0.25, 0.3) is 0 Å². The largest absolute Gasteiger partial charge is 0.436 e. The third-order valence-electron chi connectivity index (χ3n) is 2.59. The molecule has 5 heteroatoms. The van der Waals surface area contributed by atoms with Crippen molar-refractivity contribution in [2.75, 3.05) is 5.73 Å². The van der Waals surface area contributed by atoms with Gasteiger partial charge in [-0.1, -0.05) is 0 Å². The molecule has 2 N–H and O–H groups in total. The number of pyridine rings is 1. The summed E-state index contributed by atoms with van der Waals surface area (Å²) in [5.41, 5.74) is 7.71. The normalized spacial score (nSPS) is 10.0. The van der Waals surface area contributed by atoms with Gasteiger partial charge in [0.05, 0.1) is 11.6 Å². The summed E-state index contributed by atoms with van der Waals surface area (Å²) in [6.07, 6.45) is 0. The summed E-state index contributed by atoms with van der Waals surface area (Å²) in [5, 5.41) is 8.86. The molecule has 0 atom stereocenters. The molecule has 96 valence electrons. The molecule has 2 rings (SSSR count). The van der Waals surface area contributed by atoms with Crippen LogP contribution in [-0.4, -0.2) is 4.98 Å². The van der Waals surface area contributed by atoms with Gasteiger partial charge in [0.15, 0.2) is 11.6 Å². The smallest absolute Gasteiger partial charge is 0.220 e. The second kappa shape index (κ2) is 4.94. The Kier molecular flexibility index (Phi) is 3.34. The van der Waals surface area contributed by atoms with Crippen LogP contribution in [0.3, 0.4) is 0 Å². The van der Waals surface area contributed by atoms with E-state index in [9.17, 15) is 4.39 Å². The van der Waals surface area contributed by atoms with E-state index in [2.05, 4.69) is 4.98 Å². The summed E-state index contributed by atoms with van der Waals surface area (Å²) in [4.78, 5) is 4.10. The SMILES string of the molecule is Cc1cc(C#N)cc(Oc2cc(C)c(N)cc2F)n1. The van der Waals surface area contributed by atoms with Crippen molar-refractivity contribution >= 4 is 5.69 Å². The number of hydrogen-bond acceptors (Lipinski definition) is 4. The second-order valence-corrected chi connectivity index (χ2v) is 4.19. The molecule has 0 unspecified atom stereocenters. The number of aryl methyl sites for hydroxylation is 2. The zero-order valence-corrected chi connectivity index (χ0v) is 10.6. The molecule has 0 aliphatic rings. The van der Waals surface area contributed by atoms with Crippen LogP contribution in [0.25, 0.3) is 0 Å². The number of hydrogen-bond donors (Lipinski definition) is 1. The fourth-order valence-corrected chi connectivity index (χ4v) is 1.62. The lowest BCUT2D eigenvalue weighted by Crippen LogP contribution is -1.97. The van der Waals surface area contributed by atoms with E-state index in [-0.39, 0.29) is 11.6 Å². The molecule has 1 aromatic heterocycles. The van der Waals surface area contributed by atoms with E-state index < -0.39 is 5.82 Å². The predicted molar refractivity (Wildman–Crippen MR) is 69.3 cm³/mol. The highest BCUT2D eigenvalue weighted by Gasteiger charge is 2.09. The van der Waals surface area contributed by atoms with Gasteiger partial charge in [-0.3, -0.25) is 0 Å². The van der Waals surface area contributed by atoms with Gasteiger partial charge in [-0.2, -0.15) is 5.26 Å². The summed E-state index contributed by atoms with van der Waals surface area (Å²) in [6.45, 7) is 3.49. The molecule has 0 spiro atoms. The fraction of sp³-hybridized carbons (Fsp3) is 0.143. The van der Waals surface area contributed by atoms with Crippen LogP contribution in [0.15, 0.2) is 24.3 Å². The second-order valence-electron chi connectivity index (χ2n) is 4.19. The van der Waals surface area contributed by atoms with Gasteiger partial charge in [0.1, 0.15) is 0 Å². The average molecular weight is 257 g/mol. The van der Waals surface area contributed by atoms with Gasteiger partial charge in [-0.25, -0.2) is 9.37 Å². The fourth-order valence-electron chi connectivity index (χ4n) is 1.62. The molecule has 0 amide bonds. The molecule has 1 heterocycles. The van der Waals surface area contributed by atoms with Crippen molar-refractivity contribution < 1.29 is 9.13 Å². The summed E-state index contributed by atoms with van der Waals surface area (Å²) in [7, 11) is 0. The molecule has 0 bridgehead atoms. The molecule has 1 aromatic carbocycles. The molecule has 0 saturated heterocycles. The number of anilines is 1. The van der Waals surface area contributed by atoms with Crippen molar-refractivity contribution in [3.63, 3.8) is 0 Å². The standard InChI is InChI=1S/C14H12FN3O/c1-8-3-13(11(15)6-12(8)17)19-14-5-10(7-16)4-9(2)18-14/h3-6H,17H2,1-2H3. The Morgan fingerprint density at radius 1 is 1.26 bits per heavy atom. The number of ether oxygens (including phenoxy) is 1. The van der Waals surface area contributed by atoms with Crippen LogP contribution in [-0.2, 0) is 0 Å². The lowest BCUT2D eigenvalue weighted by Gasteiger charge is -2.09. The molecular formula is C14H12FN3O. The number of aromatic nitrogens is 1. The predicted octanol–water partition coefficient (Wildman–Crippen LogP) is 3.08. The van der Waals surface area contributed by atoms with E-state index in [0.717, 1.165) is 0 Å². The Labute approximate surface area is 110 Å². The maximum Gasteiger partial charge on any atom is 0.220 e. The van der Waals surface area contributed by atoms with E-state index in [4.69, 9.17) is 15.7 Å². The number of nitrogens with two attached hydrogens (primary N) is 1. The minimum absolute atomic E-state index is 0.0358. The third kappa shape index (κ3) is 2.80. The van der Waals surface area contributed by atoms with E-state index in [1.54, 1.807) is 19.9 Å². The topological polar surface area (TPSA) is 71.9 Å². The molecule has 0 saturated carbocycles. The summed E-state index contributed by atoms with van der Waals surface area (Å²) in [5.74, 6) is -0.349. The van der Waals surface area contributed by atoms with E-state index >= 15 is 0 Å². The van der Waals surface area contributed by atoms with Crippen molar-refractivity contribution in [3.05, 3.63) is 46.9 Å². The average Bonchev–Trinajstić information content (AvgIpc) is 2.35. The highest BCUT2D eigenvalue weighted by Crippen LogP contribution is 2.27. The van der Waals surface area contributed by atoms with Gasteiger partial charge in [-0.15, -0.1) is 0 Å². The Hall–Kier alpha value is -2.61. The monoisotopic (exact) mass is 257 g/mol. The summed E-state index contributed by atoms with van der Waals surface area (Å²) in [6, 6.07) is 7.78. The number of nitrogen functional groups attached to an aromatic ring is 1.